The Kier molecular flexibility index (Phi) is 4.03. The summed E-state index contributed by atoms with van der Waals surface area (Å²) in [5.41, 5.74) is 1.56. The summed E-state index contributed by atoms with van der Waals surface area (Å²) in [5.74, 6) is -0.303. The third-order valence-corrected chi connectivity index (χ3v) is 4.27. The van der Waals surface area contributed by atoms with Crippen molar-refractivity contribution >= 4 is 63.0 Å². The lowest BCUT2D eigenvalue weighted by Crippen LogP contribution is -2.13. The molecule has 0 unspecified atom stereocenters. The average molecular weight is 362 g/mol. The summed E-state index contributed by atoms with van der Waals surface area (Å²) in [5, 5.41) is 9.71. The SMILES string of the molecule is O=C(CCl)Nc1nc2scc(-c3ccc(Cl)cc3Cl)n2n1. The highest BCUT2D eigenvalue weighted by Gasteiger charge is 2.15. The number of carbonyl (C=O) groups is 1. The molecule has 5 nitrogen and oxygen atoms in total. The van der Waals surface area contributed by atoms with Gasteiger partial charge in [-0.05, 0) is 18.2 Å². The quantitative estimate of drug-likeness (QED) is 0.719. The zero-order valence-electron chi connectivity index (χ0n) is 10.3. The number of rotatable bonds is 3. The van der Waals surface area contributed by atoms with Gasteiger partial charge >= 0.3 is 0 Å². The zero-order valence-corrected chi connectivity index (χ0v) is 13.4. The molecule has 0 saturated heterocycles. The fourth-order valence-corrected chi connectivity index (χ4v) is 3.17. The highest BCUT2D eigenvalue weighted by atomic mass is 35.5. The third-order valence-electron chi connectivity index (χ3n) is 2.66. The highest BCUT2D eigenvalue weighted by molar-refractivity contribution is 7.15. The van der Waals surface area contributed by atoms with Crippen LogP contribution in [0.5, 0.6) is 0 Å². The molecule has 0 atom stereocenters. The van der Waals surface area contributed by atoms with Gasteiger partial charge in [0.15, 0.2) is 0 Å². The van der Waals surface area contributed by atoms with Crippen LogP contribution >= 0.6 is 46.1 Å². The van der Waals surface area contributed by atoms with Crippen LogP contribution in [0.4, 0.5) is 5.95 Å². The molecule has 1 aromatic carbocycles. The molecule has 0 bridgehead atoms. The van der Waals surface area contributed by atoms with Gasteiger partial charge in [0.1, 0.15) is 5.88 Å². The van der Waals surface area contributed by atoms with Crippen molar-refractivity contribution in [2.75, 3.05) is 11.2 Å². The number of amides is 1. The molecule has 3 aromatic rings. The van der Waals surface area contributed by atoms with Gasteiger partial charge in [-0.15, -0.1) is 28.0 Å². The molecule has 3 rings (SSSR count). The Hall–Kier alpha value is -1.34. The summed E-state index contributed by atoms with van der Waals surface area (Å²) < 4.78 is 1.61. The van der Waals surface area contributed by atoms with E-state index >= 15 is 0 Å². The number of nitrogens with one attached hydrogen (secondary N) is 1. The molecule has 2 aromatic heterocycles. The first-order valence-corrected chi connectivity index (χ1v) is 7.91. The Morgan fingerprint density at radius 2 is 2.19 bits per heavy atom. The van der Waals surface area contributed by atoms with Crippen LogP contribution in [0, 0.1) is 0 Å². The van der Waals surface area contributed by atoms with E-state index in [1.165, 1.54) is 11.3 Å². The number of nitrogens with zero attached hydrogens (tertiary/aromatic N) is 3. The monoisotopic (exact) mass is 360 g/mol. The standard InChI is InChI=1S/C12H7Cl3N4OS/c13-4-10(20)16-11-17-12-19(18-11)9(5-21-12)7-2-1-6(14)3-8(7)15/h1-3,5H,4H2,(H,16,18,20). The van der Waals surface area contributed by atoms with Crippen molar-refractivity contribution in [3.05, 3.63) is 33.6 Å². The number of halogens is 3. The molecule has 0 spiro atoms. The first kappa shape index (κ1) is 14.6. The second-order valence-electron chi connectivity index (χ2n) is 4.06. The van der Waals surface area contributed by atoms with Crippen molar-refractivity contribution in [2.24, 2.45) is 0 Å². The summed E-state index contributed by atoms with van der Waals surface area (Å²) in [6.07, 6.45) is 0. The fraction of sp³-hybridized carbons (Fsp3) is 0.0833. The summed E-state index contributed by atoms with van der Waals surface area (Å²) >= 11 is 18.9. The number of benzene rings is 1. The Labute approximate surface area is 138 Å². The van der Waals surface area contributed by atoms with Crippen molar-refractivity contribution in [2.45, 2.75) is 0 Å². The maximum Gasteiger partial charge on any atom is 0.250 e. The third kappa shape index (κ3) is 2.85. The van der Waals surface area contributed by atoms with E-state index in [0.29, 0.717) is 15.0 Å². The number of anilines is 1. The van der Waals surface area contributed by atoms with E-state index in [4.69, 9.17) is 34.8 Å². The molecule has 108 valence electrons. The summed E-state index contributed by atoms with van der Waals surface area (Å²) in [6, 6.07) is 5.22. The van der Waals surface area contributed by atoms with E-state index in [1.54, 1.807) is 16.6 Å². The van der Waals surface area contributed by atoms with Gasteiger partial charge in [0.05, 0.1) is 10.7 Å². The topological polar surface area (TPSA) is 59.3 Å². The maximum atomic E-state index is 11.3. The van der Waals surface area contributed by atoms with Crippen LogP contribution in [0.25, 0.3) is 16.2 Å². The molecule has 9 heteroatoms. The predicted octanol–water partition coefficient (Wildman–Crippen LogP) is 3.94. The smallest absolute Gasteiger partial charge is 0.250 e. The second kappa shape index (κ2) is 5.81. The summed E-state index contributed by atoms with van der Waals surface area (Å²) in [6.45, 7) is 0. The van der Waals surface area contributed by atoms with Crippen molar-refractivity contribution < 1.29 is 4.79 Å². The number of fused-ring (bicyclic) bond motifs is 1. The second-order valence-corrected chi connectivity index (χ2v) is 6.00. The minimum atomic E-state index is -0.360. The van der Waals surface area contributed by atoms with Gasteiger partial charge in [0, 0.05) is 16.0 Å². The zero-order chi connectivity index (χ0) is 15.0. The van der Waals surface area contributed by atoms with Crippen molar-refractivity contribution in [3.63, 3.8) is 0 Å². The van der Waals surface area contributed by atoms with Crippen molar-refractivity contribution in [1.29, 1.82) is 0 Å². The molecule has 1 amide bonds. The van der Waals surface area contributed by atoms with Crippen LogP contribution in [-0.4, -0.2) is 26.4 Å². The van der Waals surface area contributed by atoms with Crippen LogP contribution in [0.15, 0.2) is 23.6 Å². The van der Waals surface area contributed by atoms with Crippen LogP contribution in [0.1, 0.15) is 0 Å². The van der Waals surface area contributed by atoms with Crippen LogP contribution < -0.4 is 5.32 Å². The molecule has 0 fully saturated rings. The Bertz CT molecular complexity index is 829. The van der Waals surface area contributed by atoms with Crippen LogP contribution in [0.2, 0.25) is 10.0 Å². The Balaban J connectivity index is 2.05. The first-order valence-electron chi connectivity index (χ1n) is 5.74. The molecular weight excluding hydrogens is 355 g/mol. The number of hydrogen-bond acceptors (Lipinski definition) is 4. The Morgan fingerprint density at radius 3 is 2.90 bits per heavy atom. The first-order chi connectivity index (χ1) is 10.1. The molecule has 0 radical (unpaired) electrons. The average Bonchev–Trinajstić information content (AvgIpc) is 2.99. The van der Waals surface area contributed by atoms with Crippen molar-refractivity contribution in [1.82, 2.24) is 14.6 Å². The Morgan fingerprint density at radius 1 is 1.38 bits per heavy atom. The number of alkyl halides is 1. The summed E-state index contributed by atoms with van der Waals surface area (Å²) in [4.78, 5) is 16.1. The van der Waals surface area contributed by atoms with E-state index in [9.17, 15) is 4.79 Å². The van der Waals surface area contributed by atoms with Crippen LogP contribution in [0.3, 0.4) is 0 Å². The molecule has 0 aliphatic carbocycles. The lowest BCUT2D eigenvalue weighted by molar-refractivity contribution is -0.114. The van der Waals surface area contributed by atoms with Gasteiger partial charge in [0.2, 0.25) is 16.8 Å². The fourth-order valence-electron chi connectivity index (χ4n) is 1.78. The predicted molar refractivity (Wildman–Crippen MR) is 85.7 cm³/mol. The maximum absolute atomic E-state index is 11.3. The molecule has 21 heavy (non-hydrogen) atoms. The van der Waals surface area contributed by atoms with Gasteiger partial charge < -0.3 is 0 Å². The molecule has 0 aliphatic rings. The molecule has 1 N–H and O–H groups in total. The largest absolute Gasteiger partial charge is 0.292 e. The highest BCUT2D eigenvalue weighted by Crippen LogP contribution is 2.32. The van der Waals surface area contributed by atoms with E-state index in [0.717, 1.165) is 11.3 Å². The number of carbonyl (C=O) groups excluding carboxylic acids is 1. The molecular formula is C12H7Cl3N4OS. The lowest BCUT2D eigenvalue weighted by atomic mass is 10.2. The van der Waals surface area contributed by atoms with Gasteiger partial charge in [-0.1, -0.05) is 23.2 Å². The molecule has 0 saturated carbocycles. The van der Waals surface area contributed by atoms with E-state index in [1.807, 2.05) is 11.4 Å². The summed E-state index contributed by atoms with van der Waals surface area (Å²) in [7, 11) is 0. The van der Waals surface area contributed by atoms with E-state index < -0.39 is 0 Å². The molecule has 0 aliphatic heterocycles. The van der Waals surface area contributed by atoms with Gasteiger partial charge in [-0.25, -0.2) is 4.52 Å². The van der Waals surface area contributed by atoms with Gasteiger partial charge in [0.25, 0.3) is 0 Å². The van der Waals surface area contributed by atoms with Gasteiger partial charge in [-0.2, -0.15) is 4.98 Å². The lowest BCUT2D eigenvalue weighted by Gasteiger charge is -2.02. The molecule has 2 heterocycles. The normalized spacial score (nSPS) is 11.0. The van der Waals surface area contributed by atoms with Gasteiger partial charge in [-0.3, -0.25) is 10.1 Å². The minimum absolute atomic E-state index is 0.150. The minimum Gasteiger partial charge on any atom is -0.292 e. The van der Waals surface area contributed by atoms with E-state index in [2.05, 4.69) is 15.4 Å². The number of thiazole rings is 1. The number of hydrogen-bond donors (Lipinski definition) is 1. The van der Waals surface area contributed by atoms with Crippen LogP contribution in [-0.2, 0) is 4.79 Å². The number of aromatic nitrogens is 3. The van der Waals surface area contributed by atoms with Crippen molar-refractivity contribution in [3.8, 4) is 11.3 Å². The van der Waals surface area contributed by atoms with E-state index in [-0.39, 0.29) is 17.7 Å².